The molecule has 0 bridgehead atoms. The van der Waals surface area contributed by atoms with Crippen molar-refractivity contribution in [3.8, 4) is 11.3 Å². The summed E-state index contributed by atoms with van der Waals surface area (Å²) >= 11 is 12.1. The third kappa shape index (κ3) is 3.95. The van der Waals surface area contributed by atoms with Gasteiger partial charge in [-0.1, -0.05) is 35.3 Å². The van der Waals surface area contributed by atoms with Crippen LogP contribution in [0.15, 0.2) is 41.3 Å². The molecule has 0 unspecified atom stereocenters. The number of rotatable bonds is 4. The van der Waals surface area contributed by atoms with Crippen LogP contribution in [0.25, 0.3) is 11.3 Å². The van der Waals surface area contributed by atoms with Gasteiger partial charge in [0, 0.05) is 43.7 Å². The third-order valence-electron chi connectivity index (χ3n) is 5.58. The van der Waals surface area contributed by atoms with Crippen molar-refractivity contribution in [3.05, 3.63) is 79.6 Å². The second-order valence-corrected chi connectivity index (χ2v) is 8.61. The minimum Gasteiger partial charge on any atom is -0.310 e. The normalized spacial score (nSPS) is 16.6. The molecule has 0 atom stereocenters. The van der Waals surface area contributed by atoms with Crippen molar-refractivity contribution in [2.75, 3.05) is 6.54 Å². The smallest absolute Gasteiger partial charge is 0.255 e. The summed E-state index contributed by atoms with van der Waals surface area (Å²) in [5.41, 5.74) is 4.69. The molecule has 7 heteroatoms. The minimum atomic E-state index is 0.0229. The van der Waals surface area contributed by atoms with Gasteiger partial charge in [-0.25, -0.2) is 4.98 Å². The van der Waals surface area contributed by atoms with E-state index in [1.165, 1.54) is 0 Å². The molecule has 3 heterocycles. The third-order valence-corrected chi connectivity index (χ3v) is 6.32. The lowest BCUT2D eigenvalue weighted by atomic mass is 10.1. The van der Waals surface area contributed by atoms with Gasteiger partial charge in [-0.15, -0.1) is 0 Å². The highest BCUT2D eigenvalue weighted by atomic mass is 35.5. The van der Waals surface area contributed by atoms with E-state index < -0.39 is 0 Å². The van der Waals surface area contributed by atoms with E-state index in [9.17, 15) is 4.79 Å². The zero-order valence-electron chi connectivity index (χ0n) is 15.8. The predicted molar refractivity (Wildman–Crippen MR) is 114 cm³/mol. The Morgan fingerprint density at radius 2 is 2.00 bits per heavy atom. The van der Waals surface area contributed by atoms with Crippen LogP contribution >= 0.6 is 23.2 Å². The van der Waals surface area contributed by atoms with Crippen LogP contribution in [0.5, 0.6) is 0 Å². The Morgan fingerprint density at radius 1 is 1.14 bits per heavy atom. The zero-order chi connectivity index (χ0) is 20.0. The molecule has 0 spiro atoms. The van der Waals surface area contributed by atoms with Gasteiger partial charge in [0.1, 0.15) is 5.82 Å². The highest BCUT2D eigenvalue weighted by molar-refractivity contribution is 6.42. The molecule has 1 saturated carbocycles. The van der Waals surface area contributed by atoms with E-state index in [0.29, 0.717) is 22.5 Å². The predicted octanol–water partition coefficient (Wildman–Crippen LogP) is 4.57. The van der Waals surface area contributed by atoms with Crippen molar-refractivity contribution in [3.63, 3.8) is 0 Å². The summed E-state index contributed by atoms with van der Waals surface area (Å²) in [4.78, 5) is 27.1. The molecule has 0 radical (unpaired) electrons. The van der Waals surface area contributed by atoms with Gasteiger partial charge in [0.15, 0.2) is 0 Å². The molecule has 0 amide bonds. The van der Waals surface area contributed by atoms with Crippen LogP contribution in [0.3, 0.4) is 0 Å². The summed E-state index contributed by atoms with van der Waals surface area (Å²) in [6.45, 7) is 2.26. The molecular weight excluding hydrogens is 407 g/mol. The molecule has 29 heavy (non-hydrogen) atoms. The molecular formula is C22H20Cl2N4O. The van der Waals surface area contributed by atoms with E-state index in [2.05, 4.69) is 20.9 Å². The monoisotopic (exact) mass is 426 g/mol. The summed E-state index contributed by atoms with van der Waals surface area (Å²) in [7, 11) is 0. The molecule has 2 aromatic heterocycles. The second kappa shape index (κ2) is 7.56. The number of pyridine rings is 1. The number of nitrogens with zero attached hydrogens (tertiary/aromatic N) is 3. The number of H-pyrrole nitrogens is 1. The number of hydrogen-bond acceptors (Lipinski definition) is 4. The van der Waals surface area contributed by atoms with Crippen LogP contribution in [0.4, 0.5) is 0 Å². The van der Waals surface area contributed by atoms with Gasteiger partial charge in [-0.05, 0) is 36.6 Å². The number of fused-ring (bicyclic) bond motifs is 1. The van der Waals surface area contributed by atoms with Crippen molar-refractivity contribution in [2.45, 2.75) is 38.3 Å². The molecule has 1 N–H and O–H groups in total. The summed E-state index contributed by atoms with van der Waals surface area (Å²) in [6.07, 6.45) is 4.97. The Balaban J connectivity index is 1.30. The highest BCUT2D eigenvalue weighted by Gasteiger charge is 2.29. The highest BCUT2D eigenvalue weighted by Crippen LogP contribution is 2.37. The van der Waals surface area contributed by atoms with Gasteiger partial charge in [-0.3, -0.25) is 14.7 Å². The number of aromatic amines is 1. The number of hydrogen-bond donors (Lipinski definition) is 1. The summed E-state index contributed by atoms with van der Waals surface area (Å²) in [5.74, 6) is 1.34. The largest absolute Gasteiger partial charge is 0.310 e. The Kier molecular flexibility index (Phi) is 4.90. The Hall–Kier alpha value is -2.21. The van der Waals surface area contributed by atoms with Crippen LogP contribution in [-0.4, -0.2) is 26.4 Å². The van der Waals surface area contributed by atoms with Crippen molar-refractivity contribution in [1.82, 2.24) is 19.9 Å². The zero-order valence-corrected chi connectivity index (χ0v) is 17.3. The van der Waals surface area contributed by atoms with Gasteiger partial charge in [0.25, 0.3) is 5.56 Å². The second-order valence-electron chi connectivity index (χ2n) is 7.79. The van der Waals surface area contributed by atoms with Crippen LogP contribution in [0, 0.1) is 0 Å². The van der Waals surface area contributed by atoms with Crippen LogP contribution in [-0.2, 0) is 19.5 Å². The molecule has 5 nitrogen and oxygen atoms in total. The topological polar surface area (TPSA) is 61.9 Å². The lowest BCUT2D eigenvalue weighted by Crippen LogP contribution is -2.35. The fraction of sp³-hybridized carbons (Fsp3) is 0.318. The molecule has 148 valence electrons. The molecule has 2 aliphatic rings. The van der Waals surface area contributed by atoms with Crippen LogP contribution in [0.1, 0.15) is 41.4 Å². The van der Waals surface area contributed by atoms with Crippen LogP contribution < -0.4 is 5.56 Å². The molecule has 1 aromatic carbocycles. The molecule has 5 rings (SSSR count). The SMILES string of the molecule is O=c1[nH]c(C2CC2)nc2c1CN(Cc1ccc(-c3ccc(Cl)c(Cl)c3)nc1)CC2. The fourth-order valence-corrected chi connectivity index (χ4v) is 4.09. The van der Waals surface area contributed by atoms with E-state index in [4.69, 9.17) is 28.2 Å². The van der Waals surface area contributed by atoms with Gasteiger partial charge in [-0.2, -0.15) is 0 Å². The molecule has 3 aromatic rings. The first-order chi connectivity index (χ1) is 14.1. The number of halogens is 2. The Morgan fingerprint density at radius 3 is 2.72 bits per heavy atom. The molecule has 1 aliphatic heterocycles. The summed E-state index contributed by atoms with van der Waals surface area (Å²) in [5, 5.41) is 1.05. The lowest BCUT2D eigenvalue weighted by Gasteiger charge is -2.27. The van der Waals surface area contributed by atoms with E-state index in [0.717, 1.165) is 66.3 Å². The minimum absolute atomic E-state index is 0.0229. The Labute approximate surface area is 178 Å². The average Bonchev–Trinajstić information content (AvgIpc) is 3.56. The number of nitrogens with one attached hydrogen (secondary N) is 1. The van der Waals surface area contributed by atoms with E-state index in [1.807, 2.05) is 24.4 Å². The number of aromatic nitrogens is 3. The maximum Gasteiger partial charge on any atom is 0.255 e. The van der Waals surface area contributed by atoms with Crippen LogP contribution in [0.2, 0.25) is 10.0 Å². The van der Waals surface area contributed by atoms with Crippen molar-refractivity contribution in [2.24, 2.45) is 0 Å². The van der Waals surface area contributed by atoms with Crippen molar-refractivity contribution >= 4 is 23.2 Å². The summed E-state index contributed by atoms with van der Waals surface area (Å²) < 4.78 is 0. The van der Waals surface area contributed by atoms with E-state index in [1.54, 1.807) is 6.07 Å². The van der Waals surface area contributed by atoms with Crippen molar-refractivity contribution < 1.29 is 0 Å². The molecule has 1 fully saturated rings. The molecule has 1 aliphatic carbocycles. The van der Waals surface area contributed by atoms with Crippen molar-refractivity contribution in [1.29, 1.82) is 0 Å². The first-order valence-corrected chi connectivity index (χ1v) is 10.6. The standard InChI is InChI=1S/C22H20Cl2N4O/c23-17-5-4-15(9-18(17)24)19-6-1-13(10-25-19)11-28-8-7-20-16(12-28)22(29)27-21(26-20)14-2-3-14/h1,4-6,9-10,14H,2-3,7-8,11-12H2,(H,26,27,29). The maximum atomic E-state index is 12.5. The van der Waals surface area contributed by atoms with Gasteiger partial charge >= 0.3 is 0 Å². The summed E-state index contributed by atoms with van der Waals surface area (Å²) in [6, 6.07) is 9.57. The maximum absolute atomic E-state index is 12.5. The first kappa shape index (κ1) is 18.8. The van der Waals surface area contributed by atoms with E-state index >= 15 is 0 Å². The molecule has 0 saturated heterocycles. The first-order valence-electron chi connectivity index (χ1n) is 9.81. The average molecular weight is 427 g/mol. The number of benzene rings is 1. The fourth-order valence-electron chi connectivity index (χ4n) is 3.79. The van der Waals surface area contributed by atoms with Gasteiger partial charge in [0.2, 0.25) is 0 Å². The van der Waals surface area contributed by atoms with E-state index in [-0.39, 0.29) is 5.56 Å². The van der Waals surface area contributed by atoms with Gasteiger partial charge < -0.3 is 4.98 Å². The Bertz CT molecular complexity index is 1120. The quantitative estimate of drug-likeness (QED) is 0.663. The lowest BCUT2D eigenvalue weighted by molar-refractivity contribution is 0.241. The van der Waals surface area contributed by atoms with Gasteiger partial charge in [0.05, 0.1) is 27.0 Å².